The molecule has 1 saturated heterocycles. The minimum absolute atomic E-state index is 0.0155. The lowest BCUT2D eigenvalue weighted by atomic mass is 9.84. The number of hydrogen-bond donors (Lipinski definition) is 4. The van der Waals surface area contributed by atoms with Crippen molar-refractivity contribution in [2.45, 2.75) is 57.2 Å². The number of rotatable bonds is 10. The number of esters is 1. The SMILES string of the molecule is CC(C)OC(=O)C(C)NP(=O)(OCC1(O)CO[C@@H](n2ccc(N)nc2=O)[C@]1(C)N)Oc1ccccc1. The topological polar surface area (TPSA) is 190 Å². The van der Waals surface area contributed by atoms with Gasteiger partial charge >= 0.3 is 19.4 Å². The molecule has 1 aliphatic rings. The maximum absolute atomic E-state index is 13.7. The van der Waals surface area contributed by atoms with Crippen molar-refractivity contribution >= 4 is 19.5 Å². The van der Waals surface area contributed by atoms with Gasteiger partial charge in [-0.15, -0.1) is 0 Å². The molecule has 14 heteroatoms. The fourth-order valence-corrected chi connectivity index (χ4v) is 5.01. The molecule has 13 nitrogen and oxygen atoms in total. The van der Waals surface area contributed by atoms with Crippen molar-refractivity contribution < 1.29 is 33.0 Å². The molecule has 1 aromatic heterocycles. The van der Waals surface area contributed by atoms with Gasteiger partial charge in [0.2, 0.25) is 0 Å². The van der Waals surface area contributed by atoms with E-state index < -0.39 is 55.5 Å². The van der Waals surface area contributed by atoms with Crippen molar-refractivity contribution in [1.82, 2.24) is 14.6 Å². The second kappa shape index (κ2) is 10.7. The number of nitrogens with zero attached hydrogens (tertiary/aromatic N) is 2. The van der Waals surface area contributed by atoms with Crippen molar-refractivity contribution in [3.05, 3.63) is 53.1 Å². The van der Waals surface area contributed by atoms with E-state index in [1.807, 2.05) is 0 Å². The fourth-order valence-electron chi connectivity index (χ4n) is 3.47. The van der Waals surface area contributed by atoms with Crippen LogP contribution in [0.3, 0.4) is 0 Å². The van der Waals surface area contributed by atoms with Crippen LogP contribution in [-0.2, 0) is 23.4 Å². The third-order valence-electron chi connectivity index (χ3n) is 5.60. The third kappa shape index (κ3) is 6.12. The van der Waals surface area contributed by atoms with Crippen LogP contribution >= 0.6 is 7.75 Å². The summed E-state index contributed by atoms with van der Waals surface area (Å²) < 4.78 is 36.8. The van der Waals surface area contributed by atoms with Crippen LogP contribution in [0.1, 0.15) is 33.9 Å². The number of carbonyl (C=O) groups is 1. The van der Waals surface area contributed by atoms with Gasteiger partial charge in [-0.2, -0.15) is 10.1 Å². The highest BCUT2D eigenvalue weighted by molar-refractivity contribution is 7.52. The molecule has 1 aromatic carbocycles. The van der Waals surface area contributed by atoms with Crippen molar-refractivity contribution in [3.8, 4) is 5.75 Å². The highest BCUT2D eigenvalue weighted by Crippen LogP contribution is 2.48. The zero-order chi connectivity index (χ0) is 26.7. The number of anilines is 1. The minimum atomic E-state index is -4.27. The lowest BCUT2D eigenvalue weighted by Crippen LogP contribution is -2.62. The maximum atomic E-state index is 13.7. The first-order chi connectivity index (χ1) is 16.8. The summed E-state index contributed by atoms with van der Waals surface area (Å²) in [4.78, 5) is 28.3. The van der Waals surface area contributed by atoms with Gasteiger partial charge in [0.05, 0.1) is 24.9 Å². The molecule has 0 bridgehead atoms. The average Bonchev–Trinajstić information content (AvgIpc) is 3.02. The smallest absolute Gasteiger partial charge is 0.459 e. The molecule has 2 aromatic rings. The number of hydrogen-bond acceptors (Lipinski definition) is 11. The summed E-state index contributed by atoms with van der Waals surface area (Å²) in [5.41, 5.74) is 7.72. The van der Waals surface area contributed by atoms with E-state index in [2.05, 4.69) is 10.1 Å². The average molecular weight is 525 g/mol. The number of carbonyl (C=O) groups excluding carboxylic acids is 1. The normalized spacial score (nSPS) is 26.4. The molecule has 0 spiro atoms. The first-order valence-corrected chi connectivity index (χ1v) is 12.8. The molecular formula is C22H32N5O8P. The Hall–Kier alpha value is -2.80. The summed E-state index contributed by atoms with van der Waals surface area (Å²) in [7, 11) is -4.27. The Morgan fingerprint density at radius 2 is 2.00 bits per heavy atom. The number of para-hydroxylation sites is 1. The minimum Gasteiger partial charge on any atom is -0.462 e. The number of ether oxygens (including phenoxy) is 2. The Balaban J connectivity index is 1.82. The van der Waals surface area contributed by atoms with Crippen LogP contribution < -0.4 is 26.8 Å². The fraction of sp³-hybridized carbons (Fsp3) is 0.500. The monoisotopic (exact) mass is 525 g/mol. The van der Waals surface area contributed by atoms with E-state index in [4.69, 9.17) is 30.0 Å². The maximum Gasteiger partial charge on any atom is 0.459 e. The number of aromatic nitrogens is 2. The van der Waals surface area contributed by atoms with Crippen LogP contribution in [0.2, 0.25) is 0 Å². The Morgan fingerprint density at radius 3 is 2.61 bits per heavy atom. The van der Waals surface area contributed by atoms with Crippen molar-refractivity contribution in [3.63, 3.8) is 0 Å². The highest BCUT2D eigenvalue weighted by atomic mass is 31.2. The molecule has 1 fully saturated rings. The van der Waals surface area contributed by atoms with Gasteiger partial charge in [0.1, 0.15) is 23.2 Å². The van der Waals surface area contributed by atoms with Gasteiger partial charge in [-0.3, -0.25) is 13.9 Å². The van der Waals surface area contributed by atoms with E-state index in [9.17, 15) is 19.3 Å². The summed E-state index contributed by atoms with van der Waals surface area (Å²) in [6, 6.07) is 8.47. The van der Waals surface area contributed by atoms with Crippen LogP contribution in [0.25, 0.3) is 0 Å². The van der Waals surface area contributed by atoms with Gasteiger partial charge in [0.25, 0.3) is 0 Å². The first-order valence-electron chi connectivity index (χ1n) is 11.2. The molecule has 6 N–H and O–H groups in total. The Labute approximate surface area is 208 Å². The first kappa shape index (κ1) is 27.8. The van der Waals surface area contributed by atoms with Gasteiger partial charge in [-0.25, -0.2) is 9.36 Å². The lowest BCUT2D eigenvalue weighted by molar-refractivity contribution is -0.149. The van der Waals surface area contributed by atoms with E-state index in [0.29, 0.717) is 0 Å². The summed E-state index contributed by atoms with van der Waals surface area (Å²) in [5.74, 6) is -0.464. The van der Waals surface area contributed by atoms with Crippen molar-refractivity contribution in [1.29, 1.82) is 0 Å². The van der Waals surface area contributed by atoms with Crippen LogP contribution in [0.4, 0.5) is 5.82 Å². The Bertz CT molecular complexity index is 1170. The molecule has 1 aliphatic heterocycles. The summed E-state index contributed by atoms with van der Waals surface area (Å²) >= 11 is 0. The Kier molecular flexibility index (Phi) is 8.23. The number of nitrogen functional groups attached to an aromatic ring is 1. The molecule has 0 radical (unpaired) electrons. The molecule has 0 saturated carbocycles. The second-order valence-corrected chi connectivity index (χ2v) is 10.7. The lowest BCUT2D eigenvalue weighted by Gasteiger charge is -2.37. The summed E-state index contributed by atoms with van der Waals surface area (Å²) in [6.45, 7) is 5.25. The van der Waals surface area contributed by atoms with E-state index in [1.165, 1.54) is 26.1 Å². The van der Waals surface area contributed by atoms with E-state index >= 15 is 0 Å². The van der Waals surface area contributed by atoms with Crippen LogP contribution in [0.15, 0.2) is 47.4 Å². The number of nitrogens with two attached hydrogens (primary N) is 2. The summed E-state index contributed by atoms with van der Waals surface area (Å²) in [5, 5.41) is 13.9. The number of aliphatic hydroxyl groups is 1. The number of benzene rings is 1. The Morgan fingerprint density at radius 1 is 1.33 bits per heavy atom. The standard InChI is InChI=1S/C22H32N5O8P/c1-14(2)34-18(28)15(3)26-36(31,35-16-8-6-5-7-9-16)33-13-22(30)12-32-19(21(22,4)24)27-11-10-17(23)25-20(27)29/h5-11,14-15,19,30H,12-13,24H2,1-4H3,(H,26,31)(H2,23,25,29)/t15?,19-,21+,22?,36?/m1/s1. The van der Waals surface area contributed by atoms with Crippen LogP contribution in [0.5, 0.6) is 5.75 Å². The zero-order valence-electron chi connectivity index (χ0n) is 20.5. The molecule has 2 heterocycles. The predicted molar refractivity (Wildman–Crippen MR) is 130 cm³/mol. The summed E-state index contributed by atoms with van der Waals surface area (Å²) in [6.07, 6.45) is -0.177. The van der Waals surface area contributed by atoms with Gasteiger partial charge < -0.3 is 30.6 Å². The van der Waals surface area contributed by atoms with Gasteiger partial charge in [0, 0.05) is 6.20 Å². The highest BCUT2D eigenvalue weighted by Gasteiger charge is 2.58. The number of nitrogens with one attached hydrogen (secondary N) is 1. The molecule has 0 aliphatic carbocycles. The molecule has 3 unspecified atom stereocenters. The molecule has 36 heavy (non-hydrogen) atoms. The van der Waals surface area contributed by atoms with E-state index in [0.717, 1.165) is 4.57 Å². The van der Waals surface area contributed by atoms with Gasteiger partial charge in [0.15, 0.2) is 6.23 Å². The molecule has 198 valence electrons. The van der Waals surface area contributed by atoms with Crippen molar-refractivity contribution in [2.75, 3.05) is 18.9 Å². The quantitative estimate of drug-likeness (QED) is 0.254. The van der Waals surface area contributed by atoms with Crippen LogP contribution in [0, 0.1) is 0 Å². The van der Waals surface area contributed by atoms with Gasteiger partial charge in [-0.05, 0) is 45.9 Å². The molecular weight excluding hydrogens is 493 g/mol. The molecule has 5 atom stereocenters. The largest absolute Gasteiger partial charge is 0.462 e. The van der Waals surface area contributed by atoms with Crippen LogP contribution in [-0.4, -0.2) is 57.1 Å². The second-order valence-electron chi connectivity index (χ2n) is 9.03. The molecule has 0 amide bonds. The zero-order valence-corrected chi connectivity index (χ0v) is 21.4. The van der Waals surface area contributed by atoms with Crippen molar-refractivity contribution in [2.24, 2.45) is 5.73 Å². The predicted octanol–water partition coefficient (Wildman–Crippen LogP) is 0.936. The molecule has 3 rings (SSSR count). The van der Waals surface area contributed by atoms with E-state index in [1.54, 1.807) is 44.2 Å². The van der Waals surface area contributed by atoms with E-state index in [-0.39, 0.29) is 18.2 Å². The van der Waals surface area contributed by atoms with Gasteiger partial charge in [-0.1, -0.05) is 18.2 Å². The third-order valence-corrected chi connectivity index (χ3v) is 7.22.